The van der Waals surface area contributed by atoms with Gasteiger partial charge in [0, 0.05) is 6.21 Å². The summed E-state index contributed by atoms with van der Waals surface area (Å²) in [6, 6.07) is 10.5. The van der Waals surface area contributed by atoms with E-state index in [4.69, 9.17) is 4.55 Å². The molecule has 1 unspecified atom stereocenters. The molecule has 1 aliphatic carbocycles. The zero-order valence-corrected chi connectivity index (χ0v) is 18.3. The summed E-state index contributed by atoms with van der Waals surface area (Å²) in [6.45, 7) is 13.7. The smallest absolute Gasteiger partial charge is 0.282 e. The van der Waals surface area contributed by atoms with Gasteiger partial charge in [0.05, 0.1) is 10.6 Å². The zero-order chi connectivity index (χ0) is 20.9. The van der Waals surface area contributed by atoms with Crippen LogP contribution in [0.1, 0.15) is 63.3 Å². The number of hydrogen-bond acceptors (Lipinski definition) is 3. The van der Waals surface area contributed by atoms with Gasteiger partial charge in [0.15, 0.2) is 0 Å². The Kier molecular flexibility index (Phi) is 5.05. The van der Waals surface area contributed by atoms with Crippen molar-refractivity contribution in [1.82, 2.24) is 0 Å². The number of aliphatic imine (C=N–C) groups is 1. The summed E-state index contributed by atoms with van der Waals surface area (Å²) in [5, 5.41) is 0. The molecule has 4 nitrogen and oxygen atoms in total. The number of benzene rings is 2. The number of aryl methyl sites for hydroxylation is 1. The molecule has 0 bridgehead atoms. The molecule has 0 spiro atoms. The van der Waals surface area contributed by atoms with E-state index in [9.17, 15) is 8.42 Å². The van der Waals surface area contributed by atoms with Crippen LogP contribution in [0.25, 0.3) is 0 Å². The van der Waals surface area contributed by atoms with Crippen LogP contribution in [0, 0.1) is 12.8 Å². The number of hydrogen-bond donors (Lipinski definition) is 1. The van der Waals surface area contributed by atoms with Crippen molar-refractivity contribution in [1.29, 1.82) is 0 Å². The second-order valence-corrected chi connectivity index (χ2v) is 10.5. The second kappa shape index (κ2) is 6.82. The third-order valence-corrected chi connectivity index (χ3v) is 7.19. The van der Waals surface area contributed by atoms with Gasteiger partial charge < -0.3 is 0 Å². The molecule has 0 fully saturated rings. The van der Waals surface area contributed by atoms with E-state index in [1.807, 2.05) is 6.21 Å². The lowest BCUT2D eigenvalue weighted by molar-refractivity contribution is 0.290. The van der Waals surface area contributed by atoms with Crippen LogP contribution in [0.3, 0.4) is 0 Å². The lowest BCUT2D eigenvalue weighted by Gasteiger charge is -2.32. The maximum absolute atomic E-state index is 11.2. The molecule has 5 heteroatoms. The minimum absolute atomic E-state index is 0.113. The molecule has 0 aromatic heterocycles. The van der Waals surface area contributed by atoms with Crippen LogP contribution in [0.4, 0.5) is 5.69 Å². The van der Waals surface area contributed by atoms with Gasteiger partial charge in [-0.05, 0) is 82.7 Å². The van der Waals surface area contributed by atoms with Crippen molar-refractivity contribution >= 4 is 22.0 Å². The highest BCUT2D eigenvalue weighted by atomic mass is 32.2. The molecule has 0 radical (unpaired) electrons. The highest BCUT2D eigenvalue weighted by Gasteiger charge is 2.46. The summed E-state index contributed by atoms with van der Waals surface area (Å²) in [4.78, 5) is 4.37. The first-order valence-corrected chi connectivity index (χ1v) is 11.1. The summed E-state index contributed by atoms with van der Waals surface area (Å²) >= 11 is 0. The number of fused-ring (bicyclic) bond motifs is 1. The van der Waals surface area contributed by atoms with Crippen LogP contribution < -0.4 is 0 Å². The Labute approximate surface area is 168 Å². The van der Waals surface area contributed by atoms with Crippen molar-refractivity contribution < 1.29 is 13.0 Å². The molecular weight excluding hydrogens is 370 g/mol. The molecule has 0 saturated heterocycles. The minimum atomic E-state index is -4.18. The Hall–Kier alpha value is -1.98. The predicted octanol–water partition coefficient (Wildman–Crippen LogP) is 5.59. The molecule has 1 atom stereocenters. The van der Waals surface area contributed by atoms with Crippen LogP contribution in [-0.4, -0.2) is 19.2 Å². The van der Waals surface area contributed by atoms with Gasteiger partial charge in [-0.3, -0.25) is 9.55 Å². The maximum Gasteiger partial charge on any atom is 0.294 e. The topological polar surface area (TPSA) is 66.7 Å². The molecule has 28 heavy (non-hydrogen) atoms. The quantitative estimate of drug-likeness (QED) is 0.538. The van der Waals surface area contributed by atoms with Gasteiger partial charge in [-0.1, -0.05) is 40.7 Å². The van der Waals surface area contributed by atoms with Gasteiger partial charge in [-0.2, -0.15) is 8.42 Å². The second-order valence-electron chi connectivity index (χ2n) is 9.11. The molecule has 0 aliphatic heterocycles. The molecule has 1 N–H and O–H groups in total. The van der Waals surface area contributed by atoms with Gasteiger partial charge in [0.1, 0.15) is 0 Å². The average molecular weight is 400 g/mol. The van der Waals surface area contributed by atoms with Crippen molar-refractivity contribution in [3.63, 3.8) is 0 Å². The highest BCUT2D eigenvalue weighted by Crippen LogP contribution is 2.53. The van der Waals surface area contributed by atoms with E-state index in [2.05, 4.69) is 58.7 Å². The Morgan fingerprint density at radius 3 is 2.21 bits per heavy atom. The summed E-state index contributed by atoms with van der Waals surface area (Å²) in [5.74, 6) is 0.563. The molecular formula is C23H29NO3S. The van der Waals surface area contributed by atoms with Crippen molar-refractivity contribution in [2.45, 2.75) is 63.7 Å². The van der Waals surface area contributed by atoms with Crippen LogP contribution in [0.5, 0.6) is 0 Å². The highest BCUT2D eigenvalue weighted by molar-refractivity contribution is 7.85. The molecule has 2 aromatic rings. The Morgan fingerprint density at radius 1 is 1.07 bits per heavy atom. The van der Waals surface area contributed by atoms with E-state index in [0.29, 0.717) is 11.6 Å². The van der Waals surface area contributed by atoms with Gasteiger partial charge in [0.25, 0.3) is 10.1 Å². The first-order valence-electron chi connectivity index (χ1n) is 9.62. The summed E-state index contributed by atoms with van der Waals surface area (Å²) in [5.41, 5.74) is 6.00. The first kappa shape index (κ1) is 20.7. The van der Waals surface area contributed by atoms with E-state index in [1.54, 1.807) is 12.1 Å². The molecule has 1 aliphatic rings. The number of rotatable bonds is 4. The fraction of sp³-hybridized carbons (Fsp3) is 0.435. The van der Waals surface area contributed by atoms with E-state index < -0.39 is 10.1 Å². The monoisotopic (exact) mass is 399 g/mol. The molecule has 0 heterocycles. The molecule has 3 rings (SSSR count). The van der Waals surface area contributed by atoms with Crippen LogP contribution >= 0.6 is 0 Å². The fourth-order valence-corrected chi connectivity index (χ4v) is 4.85. The molecule has 150 valence electrons. The van der Waals surface area contributed by atoms with E-state index in [-0.39, 0.29) is 15.7 Å². The van der Waals surface area contributed by atoms with E-state index in [0.717, 1.165) is 12.0 Å². The van der Waals surface area contributed by atoms with Gasteiger partial charge in [-0.25, -0.2) is 0 Å². The largest absolute Gasteiger partial charge is 0.294 e. The average Bonchev–Trinajstić information content (AvgIpc) is 2.79. The van der Waals surface area contributed by atoms with Crippen LogP contribution in [-0.2, 0) is 20.9 Å². The van der Waals surface area contributed by atoms with Crippen molar-refractivity contribution in [2.75, 3.05) is 0 Å². The first-order chi connectivity index (χ1) is 12.8. The summed E-state index contributed by atoms with van der Waals surface area (Å²) in [7, 11) is -4.18. The summed E-state index contributed by atoms with van der Waals surface area (Å²) < 4.78 is 31.4. The Bertz CT molecular complexity index is 1030. The third kappa shape index (κ3) is 3.65. The summed E-state index contributed by atoms with van der Waals surface area (Å²) in [6.07, 6.45) is 2.96. The fourth-order valence-electron chi connectivity index (χ4n) is 4.37. The maximum atomic E-state index is 11.2. The third-order valence-electron chi connectivity index (χ3n) is 6.32. The molecule has 0 saturated carbocycles. The molecule has 0 amide bonds. The zero-order valence-electron chi connectivity index (χ0n) is 17.4. The van der Waals surface area contributed by atoms with Gasteiger partial charge in [-0.15, -0.1) is 0 Å². The standard InChI is InChI=1S/C23H29NO3S/c1-15(2)23(6)14-22(4,5)20-12-17(16(3)11-21(20)23)13-24-18-7-9-19(10-8-18)28(25,26)27/h7-13,15H,14H2,1-6H3,(H,25,26,27). The predicted molar refractivity (Wildman–Crippen MR) is 115 cm³/mol. The Balaban J connectivity index is 1.98. The SMILES string of the molecule is Cc1cc2c(cc1C=Nc1ccc(S(=O)(=O)O)cc1)C(C)(C)CC2(C)C(C)C. The lowest BCUT2D eigenvalue weighted by atomic mass is 9.72. The van der Waals surface area contributed by atoms with Gasteiger partial charge >= 0.3 is 0 Å². The minimum Gasteiger partial charge on any atom is -0.282 e. The van der Waals surface area contributed by atoms with E-state index in [1.165, 1.54) is 28.8 Å². The van der Waals surface area contributed by atoms with Gasteiger partial charge in [0.2, 0.25) is 0 Å². The Morgan fingerprint density at radius 2 is 1.68 bits per heavy atom. The van der Waals surface area contributed by atoms with Crippen LogP contribution in [0.15, 0.2) is 46.3 Å². The van der Waals surface area contributed by atoms with Crippen molar-refractivity contribution in [3.05, 3.63) is 58.7 Å². The van der Waals surface area contributed by atoms with Crippen molar-refractivity contribution in [3.8, 4) is 0 Å². The van der Waals surface area contributed by atoms with E-state index >= 15 is 0 Å². The lowest BCUT2D eigenvalue weighted by Crippen LogP contribution is -2.28. The van der Waals surface area contributed by atoms with Crippen LogP contribution in [0.2, 0.25) is 0 Å². The van der Waals surface area contributed by atoms with Crippen molar-refractivity contribution in [2.24, 2.45) is 10.9 Å². The normalized spacial score (nSPS) is 21.4. The number of nitrogens with zero attached hydrogens (tertiary/aromatic N) is 1. The molecule has 2 aromatic carbocycles.